The summed E-state index contributed by atoms with van der Waals surface area (Å²) in [5.74, 6) is -1.48. The van der Waals surface area contributed by atoms with Crippen molar-refractivity contribution in [2.24, 2.45) is 4.99 Å². The lowest BCUT2D eigenvalue weighted by Gasteiger charge is -2.34. The van der Waals surface area contributed by atoms with E-state index in [1.54, 1.807) is 32.5 Å². The van der Waals surface area contributed by atoms with E-state index in [1.807, 2.05) is 36.4 Å². The fraction of sp³-hybridized carbons (Fsp3) is 0.259. The van der Waals surface area contributed by atoms with Crippen molar-refractivity contribution < 1.29 is 13.9 Å². The van der Waals surface area contributed by atoms with Crippen LogP contribution in [0.15, 0.2) is 72.1 Å². The van der Waals surface area contributed by atoms with Crippen molar-refractivity contribution in [3.63, 3.8) is 0 Å². The zero-order chi connectivity index (χ0) is 27.1. The molecule has 1 fully saturated rings. The molecule has 1 saturated carbocycles. The molecule has 1 aliphatic rings. The van der Waals surface area contributed by atoms with E-state index in [9.17, 15) is 9.18 Å². The quantitative estimate of drug-likeness (QED) is 0.117. The van der Waals surface area contributed by atoms with Crippen LogP contribution in [-0.4, -0.2) is 49.1 Å². The number of anilines is 1. The molecule has 10 nitrogen and oxygen atoms in total. The Bertz CT molecular complexity index is 1370. The zero-order valence-corrected chi connectivity index (χ0v) is 21.3. The van der Waals surface area contributed by atoms with Crippen LogP contribution in [-0.2, 0) is 16.1 Å². The minimum atomic E-state index is -1.05. The third kappa shape index (κ3) is 6.50. The van der Waals surface area contributed by atoms with E-state index in [0.29, 0.717) is 18.2 Å². The molecule has 1 aromatic heterocycles. The van der Waals surface area contributed by atoms with Gasteiger partial charge in [-0.2, -0.15) is 4.99 Å². The summed E-state index contributed by atoms with van der Waals surface area (Å²) in [6.07, 6.45) is 3.62. The van der Waals surface area contributed by atoms with Gasteiger partial charge in [0.1, 0.15) is 0 Å². The van der Waals surface area contributed by atoms with Gasteiger partial charge in [-0.1, -0.05) is 36.9 Å². The van der Waals surface area contributed by atoms with Crippen LogP contribution in [0.1, 0.15) is 18.4 Å². The molecule has 0 aliphatic heterocycles. The number of hydrazine groups is 1. The Balaban J connectivity index is 1.52. The second-order valence-corrected chi connectivity index (χ2v) is 8.82. The monoisotopic (exact) mass is 518 g/mol. The third-order valence-corrected chi connectivity index (χ3v) is 6.22. The number of aromatic nitrogens is 1. The summed E-state index contributed by atoms with van der Waals surface area (Å²) in [6, 6.07) is 15.2. The van der Waals surface area contributed by atoms with Crippen LogP contribution in [0, 0.1) is 5.41 Å². The van der Waals surface area contributed by atoms with Crippen molar-refractivity contribution in [3.05, 3.63) is 72.7 Å². The number of hydrogen-bond donors (Lipinski definition) is 6. The Morgan fingerprint density at radius 1 is 1.24 bits per heavy atom. The molecule has 4 rings (SSSR count). The molecular formula is C27H31FN8O2. The highest BCUT2D eigenvalue weighted by atomic mass is 19.1. The molecule has 0 bridgehead atoms. The first-order valence-electron chi connectivity index (χ1n) is 12.1. The highest BCUT2D eigenvalue weighted by Crippen LogP contribution is 2.30. The van der Waals surface area contributed by atoms with Gasteiger partial charge in [-0.25, -0.2) is 9.82 Å². The summed E-state index contributed by atoms with van der Waals surface area (Å²) in [7, 11) is 3.41. The number of guanidine groups is 2. The number of pyridine rings is 1. The number of benzene rings is 2. The van der Waals surface area contributed by atoms with E-state index in [2.05, 4.69) is 43.4 Å². The normalized spacial score (nSPS) is 16.9. The van der Waals surface area contributed by atoms with Crippen molar-refractivity contribution in [2.75, 3.05) is 19.5 Å². The fourth-order valence-corrected chi connectivity index (χ4v) is 4.20. The average molecular weight is 519 g/mol. The molecule has 2 aromatic carbocycles. The summed E-state index contributed by atoms with van der Waals surface area (Å²) < 4.78 is 18.4. The van der Waals surface area contributed by atoms with Gasteiger partial charge in [0.15, 0.2) is 5.83 Å². The Morgan fingerprint density at radius 3 is 2.76 bits per heavy atom. The number of nitrogens with zero attached hydrogens (tertiary/aromatic N) is 2. The van der Waals surface area contributed by atoms with Crippen molar-refractivity contribution in [2.45, 2.75) is 31.5 Å². The smallest absolute Gasteiger partial charge is 0.283 e. The number of rotatable bonds is 8. The second kappa shape index (κ2) is 12.3. The Labute approximate surface area is 220 Å². The first kappa shape index (κ1) is 26.7. The van der Waals surface area contributed by atoms with Gasteiger partial charge in [0, 0.05) is 49.6 Å². The number of amides is 1. The number of carbonyl (C=O) groups excluding carboxylic acids is 1. The second-order valence-electron chi connectivity index (χ2n) is 8.82. The molecule has 38 heavy (non-hydrogen) atoms. The largest absolute Gasteiger partial charge is 0.381 e. The van der Waals surface area contributed by atoms with Crippen molar-refractivity contribution in [1.82, 2.24) is 26.5 Å². The van der Waals surface area contributed by atoms with E-state index in [1.165, 1.54) is 0 Å². The third-order valence-electron chi connectivity index (χ3n) is 6.22. The van der Waals surface area contributed by atoms with Crippen LogP contribution in [0.25, 0.3) is 22.0 Å². The first-order chi connectivity index (χ1) is 18.4. The number of aliphatic imine (C=N–C) groups is 1. The number of hydrogen-bond acceptors (Lipinski definition) is 5. The molecule has 0 spiro atoms. The van der Waals surface area contributed by atoms with Crippen LogP contribution in [0.4, 0.5) is 10.1 Å². The number of methoxy groups -OCH3 is 1. The summed E-state index contributed by atoms with van der Waals surface area (Å²) >= 11 is 0. The molecule has 0 unspecified atom stereocenters. The van der Waals surface area contributed by atoms with Crippen LogP contribution in [0.2, 0.25) is 0 Å². The molecule has 1 aliphatic carbocycles. The van der Waals surface area contributed by atoms with E-state index >= 15 is 0 Å². The molecule has 198 valence electrons. The molecule has 1 heterocycles. The van der Waals surface area contributed by atoms with Crippen molar-refractivity contribution in [1.29, 1.82) is 5.41 Å². The van der Waals surface area contributed by atoms with E-state index < -0.39 is 11.7 Å². The first-order valence-corrected chi connectivity index (χ1v) is 12.1. The Kier molecular flexibility index (Phi) is 8.62. The van der Waals surface area contributed by atoms with Gasteiger partial charge >= 0.3 is 0 Å². The Hall–Kier alpha value is -4.35. The van der Waals surface area contributed by atoms with Crippen LogP contribution in [0.5, 0.6) is 0 Å². The minimum absolute atomic E-state index is 0.0537. The summed E-state index contributed by atoms with van der Waals surface area (Å²) in [5.41, 5.74) is 8.88. The van der Waals surface area contributed by atoms with Crippen molar-refractivity contribution in [3.8, 4) is 11.3 Å². The predicted octanol–water partition coefficient (Wildman–Crippen LogP) is 3.19. The number of fused-ring (bicyclic) bond motifs is 1. The number of ether oxygens (including phenoxy) is 1. The SMILES string of the molecule is C=C(F)C(=O)Nc1ccc2c(-c3ccccc3CN/C(=N/C(=N)NC3CC(OC)C3)NNC)nccc2c1. The lowest BCUT2D eigenvalue weighted by Crippen LogP contribution is -2.49. The summed E-state index contributed by atoms with van der Waals surface area (Å²) in [4.78, 5) is 20.6. The van der Waals surface area contributed by atoms with Gasteiger partial charge in [-0.05, 0) is 42.0 Å². The Morgan fingerprint density at radius 2 is 2.03 bits per heavy atom. The van der Waals surface area contributed by atoms with Crippen LogP contribution < -0.4 is 26.8 Å². The topological polar surface area (TPSA) is 136 Å². The van der Waals surface area contributed by atoms with Gasteiger partial charge < -0.3 is 20.7 Å². The standard InChI is InChI=1S/C27H31FN8O2/c1-16(28)25(37)33-19-8-9-23-17(12-19)10-11-31-24(23)22-7-5-4-6-18(22)15-32-27(36-30-2)35-26(29)34-20-13-21(14-20)38-3/h4-12,20-21,30H,1,13-15H2,2-3H3,(H,33,37)(H4,29,32,34,35,36). The lowest BCUT2D eigenvalue weighted by molar-refractivity contribution is -0.114. The fourth-order valence-electron chi connectivity index (χ4n) is 4.20. The van der Waals surface area contributed by atoms with E-state index in [0.717, 1.165) is 40.4 Å². The molecule has 3 aromatic rings. The molecule has 0 saturated heterocycles. The molecular weight excluding hydrogens is 487 g/mol. The maximum Gasteiger partial charge on any atom is 0.283 e. The molecule has 0 radical (unpaired) electrons. The number of nitrogens with one attached hydrogen (secondary N) is 6. The molecule has 11 heteroatoms. The van der Waals surface area contributed by atoms with Gasteiger partial charge in [0.2, 0.25) is 11.9 Å². The van der Waals surface area contributed by atoms with E-state index in [4.69, 9.17) is 10.1 Å². The zero-order valence-electron chi connectivity index (χ0n) is 21.3. The van der Waals surface area contributed by atoms with Gasteiger partial charge in [-0.3, -0.25) is 20.6 Å². The maximum absolute atomic E-state index is 13.1. The predicted molar refractivity (Wildman–Crippen MR) is 147 cm³/mol. The van der Waals surface area contributed by atoms with Gasteiger partial charge in [0.25, 0.3) is 5.91 Å². The minimum Gasteiger partial charge on any atom is -0.381 e. The summed E-state index contributed by atoms with van der Waals surface area (Å²) in [5, 5.41) is 18.8. The average Bonchev–Trinajstić information content (AvgIpc) is 2.89. The molecule has 1 amide bonds. The summed E-state index contributed by atoms with van der Waals surface area (Å²) in [6.45, 7) is 3.44. The maximum atomic E-state index is 13.1. The number of carbonyl (C=O) groups is 1. The van der Waals surface area contributed by atoms with Gasteiger partial charge in [-0.15, -0.1) is 0 Å². The highest BCUT2D eigenvalue weighted by molar-refractivity contribution is 6.04. The molecule has 6 N–H and O–H groups in total. The van der Waals surface area contributed by atoms with Crippen LogP contribution >= 0.6 is 0 Å². The van der Waals surface area contributed by atoms with Crippen molar-refractivity contribution >= 4 is 34.3 Å². The highest BCUT2D eigenvalue weighted by Gasteiger charge is 2.29. The molecule has 0 atom stereocenters. The van der Waals surface area contributed by atoms with Gasteiger partial charge in [0.05, 0.1) is 11.8 Å². The lowest BCUT2D eigenvalue weighted by atomic mass is 9.89. The van der Waals surface area contributed by atoms with E-state index in [-0.39, 0.29) is 18.1 Å². The van der Waals surface area contributed by atoms with Crippen LogP contribution in [0.3, 0.4) is 0 Å². The number of halogens is 1.